The van der Waals surface area contributed by atoms with Gasteiger partial charge in [-0.3, -0.25) is 9.59 Å². The highest BCUT2D eigenvalue weighted by atomic mass is 16.4. The van der Waals surface area contributed by atoms with Crippen LogP contribution < -0.4 is 0 Å². The zero-order valence-corrected chi connectivity index (χ0v) is 12.8. The second-order valence-corrected chi connectivity index (χ2v) is 6.30. The van der Waals surface area contributed by atoms with E-state index in [4.69, 9.17) is 0 Å². The van der Waals surface area contributed by atoms with Crippen LogP contribution in [0.3, 0.4) is 0 Å². The van der Waals surface area contributed by atoms with Crippen LogP contribution in [0.1, 0.15) is 44.9 Å². The fourth-order valence-electron chi connectivity index (χ4n) is 3.47. The van der Waals surface area contributed by atoms with Gasteiger partial charge in [0.2, 0.25) is 11.8 Å². The summed E-state index contributed by atoms with van der Waals surface area (Å²) in [5, 5.41) is 9.63. The van der Waals surface area contributed by atoms with E-state index in [1.165, 1.54) is 4.90 Å². The number of carboxylic acid groups (broad SMARTS) is 1. The Morgan fingerprint density at radius 3 is 2.43 bits per heavy atom. The van der Waals surface area contributed by atoms with Gasteiger partial charge in [-0.05, 0) is 19.3 Å². The largest absolute Gasteiger partial charge is 0.479 e. The molecule has 2 rings (SSSR count). The molecule has 1 aliphatic carbocycles. The molecule has 0 aromatic carbocycles. The lowest BCUT2D eigenvalue weighted by Gasteiger charge is -2.43. The van der Waals surface area contributed by atoms with Crippen LogP contribution in [-0.2, 0) is 14.4 Å². The minimum absolute atomic E-state index is 0.0407. The van der Waals surface area contributed by atoms with Gasteiger partial charge < -0.3 is 14.9 Å². The number of likely N-dealkylation sites (N-methyl/N-ethyl adjacent to an activating group) is 1. The number of nitrogens with zero attached hydrogens (tertiary/aromatic N) is 2. The monoisotopic (exact) mass is 296 g/mol. The molecule has 0 aromatic rings. The van der Waals surface area contributed by atoms with Gasteiger partial charge >= 0.3 is 5.97 Å². The molecule has 2 amide bonds. The summed E-state index contributed by atoms with van der Waals surface area (Å²) in [5.74, 6) is -1.53. The molecule has 1 saturated carbocycles. The molecule has 1 heterocycles. The number of carbonyl (C=O) groups is 3. The van der Waals surface area contributed by atoms with Crippen LogP contribution in [-0.4, -0.2) is 58.9 Å². The second-order valence-electron chi connectivity index (χ2n) is 6.30. The van der Waals surface area contributed by atoms with Crippen LogP contribution in [0.5, 0.6) is 0 Å². The van der Waals surface area contributed by atoms with E-state index in [9.17, 15) is 19.5 Å². The maximum Gasteiger partial charge on any atom is 0.329 e. The Balaban J connectivity index is 2.13. The Kier molecular flexibility index (Phi) is 4.54. The molecule has 0 spiro atoms. The third kappa shape index (κ3) is 2.89. The fourth-order valence-corrected chi connectivity index (χ4v) is 3.47. The quantitative estimate of drug-likeness (QED) is 0.846. The second kappa shape index (κ2) is 6.03. The van der Waals surface area contributed by atoms with Gasteiger partial charge in [0, 0.05) is 33.0 Å². The molecule has 2 fully saturated rings. The lowest BCUT2D eigenvalue weighted by Crippen LogP contribution is -2.58. The lowest BCUT2D eigenvalue weighted by molar-refractivity contribution is -0.163. The molecule has 1 saturated heterocycles. The van der Waals surface area contributed by atoms with Crippen LogP contribution in [0.2, 0.25) is 0 Å². The van der Waals surface area contributed by atoms with Crippen molar-refractivity contribution in [2.45, 2.75) is 50.5 Å². The van der Waals surface area contributed by atoms with Crippen molar-refractivity contribution < 1.29 is 19.5 Å². The molecular formula is C15H24N2O4. The van der Waals surface area contributed by atoms with Crippen LogP contribution in [0.4, 0.5) is 0 Å². The summed E-state index contributed by atoms with van der Waals surface area (Å²) < 4.78 is 0. The Morgan fingerprint density at radius 1 is 1.29 bits per heavy atom. The number of hydrogen-bond donors (Lipinski definition) is 1. The average molecular weight is 296 g/mol. The predicted octanol–water partition coefficient (Wildman–Crippen LogP) is 1.10. The lowest BCUT2D eigenvalue weighted by atomic mass is 9.79. The highest BCUT2D eigenvalue weighted by molar-refractivity contribution is 5.91. The molecule has 2 aliphatic rings. The molecule has 0 radical (unpaired) electrons. The normalized spacial score (nSPS) is 25.5. The van der Waals surface area contributed by atoms with E-state index in [2.05, 4.69) is 0 Å². The highest BCUT2D eigenvalue weighted by Gasteiger charge is 2.47. The smallest absolute Gasteiger partial charge is 0.329 e. The third-order valence-corrected chi connectivity index (χ3v) is 5.06. The van der Waals surface area contributed by atoms with Gasteiger partial charge in [-0.25, -0.2) is 4.79 Å². The number of amides is 2. The van der Waals surface area contributed by atoms with Crippen molar-refractivity contribution in [3.05, 3.63) is 0 Å². The molecule has 1 unspecified atom stereocenters. The zero-order valence-electron chi connectivity index (χ0n) is 12.8. The van der Waals surface area contributed by atoms with Gasteiger partial charge in [-0.15, -0.1) is 0 Å². The SMILES string of the molecule is CN1CCC(C(=O)N(C)C2(C(=O)O)CCCCC2)CC1=O. The topological polar surface area (TPSA) is 77.9 Å². The van der Waals surface area contributed by atoms with E-state index in [0.717, 1.165) is 19.3 Å². The summed E-state index contributed by atoms with van der Waals surface area (Å²) >= 11 is 0. The molecule has 0 bridgehead atoms. The van der Waals surface area contributed by atoms with E-state index in [0.29, 0.717) is 25.8 Å². The molecule has 1 aliphatic heterocycles. The van der Waals surface area contributed by atoms with Crippen molar-refractivity contribution in [1.29, 1.82) is 0 Å². The molecule has 6 heteroatoms. The highest BCUT2D eigenvalue weighted by Crippen LogP contribution is 2.35. The summed E-state index contributed by atoms with van der Waals surface area (Å²) in [6.07, 6.45) is 4.49. The number of likely N-dealkylation sites (tertiary alicyclic amines) is 1. The van der Waals surface area contributed by atoms with Crippen molar-refractivity contribution >= 4 is 17.8 Å². The number of hydrogen-bond acceptors (Lipinski definition) is 3. The Hall–Kier alpha value is -1.59. The summed E-state index contributed by atoms with van der Waals surface area (Å²) in [6.45, 7) is 0.559. The van der Waals surface area contributed by atoms with Gasteiger partial charge in [-0.1, -0.05) is 19.3 Å². The molecule has 118 valence electrons. The van der Waals surface area contributed by atoms with Gasteiger partial charge in [0.05, 0.1) is 0 Å². The standard InChI is InChI=1S/C15H24N2O4/c1-16-9-6-11(10-12(16)18)13(19)17(2)15(14(20)21)7-4-3-5-8-15/h11H,3-10H2,1-2H3,(H,20,21). The first-order valence-corrected chi connectivity index (χ1v) is 7.63. The van der Waals surface area contributed by atoms with Crippen LogP contribution in [0.15, 0.2) is 0 Å². The Labute approximate surface area is 125 Å². The maximum atomic E-state index is 12.7. The van der Waals surface area contributed by atoms with Crippen LogP contribution >= 0.6 is 0 Å². The Bertz CT molecular complexity index is 443. The first-order valence-electron chi connectivity index (χ1n) is 7.63. The van der Waals surface area contributed by atoms with Gasteiger partial charge in [-0.2, -0.15) is 0 Å². The zero-order chi connectivity index (χ0) is 15.6. The molecule has 1 N–H and O–H groups in total. The van der Waals surface area contributed by atoms with E-state index in [1.54, 1.807) is 19.0 Å². The summed E-state index contributed by atoms with van der Waals surface area (Å²) in [4.78, 5) is 39.2. The Morgan fingerprint density at radius 2 is 1.90 bits per heavy atom. The first kappa shape index (κ1) is 15.8. The molecule has 1 atom stereocenters. The van der Waals surface area contributed by atoms with Gasteiger partial charge in [0.25, 0.3) is 0 Å². The van der Waals surface area contributed by atoms with Crippen molar-refractivity contribution in [3.8, 4) is 0 Å². The van der Waals surface area contributed by atoms with Crippen LogP contribution in [0, 0.1) is 5.92 Å². The van der Waals surface area contributed by atoms with E-state index < -0.39 is 11.5 Å². The number of piperidine rings is 1. The molecular weight excluding hydrogens is 272 g/mol. The minimum Gasteiger partial charge on any atom is -0.479 e. The minimum atomic E-state index is -1.08. The summed E-state index contributed by atoms with van der Waals surface area (Å²) in [5.41, 5.74) is -1.08. The number of carbonyl (C=O) groups excluding carboxylic acids is 2. The van der Waals surface area contributed by atoms with Crippen molar-refractivity contribution in [2.24, 2.45) is 5.92 Å². The number of aliphatic carboxylic acids is 1. The maximum absolute atomic E-state index is 12.7. The molecule has 21 heavy (non-hydrogen) atoms. The third-order valence-electron chi connectivity index (χ3n) is 5.06. The average Bonchev–Trinajstić information content (AvgIpc) is 2.49. The van der Waals surface area contributed by atoms with Crippen molar-refractivity contribution in [1.82, 2.24) is 9.80 Å². The number of rotatable bonds is 3. The van der Waals surface area contributed by atoms with Crippen molar-refractivity contribution in [2.75, 3.05) is 20.6 Å². The fraction of sp³-hybridized carbons (Fsp3) is 0.800. The number of carboxylic acids is 1. The van der Waals surface area contributed by atoms with E-state index >= 15 is 0 Å². The van der Waals surface area contributed by atoms with Gasteiger partial charge in [0.1, 0.15) is 5.54 Å². The predicted molar refractivity (Wildman–Crippen MR) is 76.6 cm³/mol. The van der Waals surface area contributed by atoms with E-state index in [-0.39, 0.29) is 24.2 Å². The molecule has 6 nitrogen and oxygen atoms in total. The summed E-state index contributed by atoms with van der Waals surface area (Å²) in [7, 11) is 3.32. The molecule has 0 aromatic heterocycles. The van der Waals surface area contributed by atoms with Gasteiger partial charge in [0.15, 0.2) is 0 Å². The summed E-state index contributed by atoms with van der Waals surface area (Å²) in [6, 6.07) is 0. The first-order chi connectivity index (χ1) is 9.88. The van der Waals surface area contributed by atoms with Crippen LogP contribution in [0.25, 0.3) is 0 Å². The van der Waals surface area contributed by atoms with E-state index in [1.807, 2.05) is 0 Å². The van der Waals surface area contributed by atoms with Crippen molar-refractivity contribution in [3.63, 3.8) is 0 Å².